The van der Waals surface area contributed by atoms with Crippen molar-refractivity contribution in [3.05, 3.63) is 30.3 Å². The summed E-state index contributed by atoms with van der Waals surface area (Å²) in [5.74, 6) is 1.34. The zero-order valence-electron chi connectivity index (χ0n) is 11.5. The van der Waals surface area contributed by atoms with Crippen molar-refractivity contribution in [2.24, 2.45) is 0 Å². The molecule has 1 aromatic carbocycles. The van der Waals surface area contributed by atoms with Crippen molar-refractivity contribution in [1.82, 2.24) is 9.80 Å². The molecule has 1 fully saturated rings. The molecule has 19 heavy (non-hydrogen) atoms. The van der Waals surface area contributed by atoms with E-state index in [-0.39, 0.29) is 0 Å². The summed E-state index contributed by atoms with van der Waals surface area (Å²) in [6.07, 6.45) is 1.65. The topological polar surface area (TPSA) is 23.6 Å². The van der Waals surface area contributed by atoms with Crippen LogP contribution < -0.4 is 0 Å². The fraction of sp³-hybridized carbons (Fsp3) is 0.533. The Morgan fingerprint density at radius 1 is 1.16 bits per heavy atom. The van der Waals surface area contributed by atoms with Gasteiger partial charge in [0.05, 0.1) is 0 Å². The summed E-state index contributed by atoms with van der Waals surface area (Å²) >= 11 is 1.83. The number of benzene rings is 1. The van der Waals surface area contributed by atoms with Gasteiger partial charge in [-0.15, -0.1) is 11.8 Å². The zero-order valence-corrected chi connectivity index (χ0v) is 12.4. The maximum absolute atomic E-state index is 12.0. The number of hydrogen-bond acceptors (Lipinski definition) is 3. The quantitative estimate of drug-likeness (QED) is 0.610. The predicted molar refractivity (Wildman–Crippen MR) is 80.5 cm³/mol. The molecule has 0 atom stereocenters. The Labute approximate surface area is 120 Å². The number of nitrogens with zero attached hydrogens (tertiary/aromatic N) is 2. The van der Waals surface area contributed by atoms with Gasteiger partial charge in [-0.3, -0.25) is 4.79 Å². The molecule has 0 radical (unpaired) electrons. The zero-order chi connectivity index (χ0) is 13.5. The van der Waals surface area contributed by atoms with Crippen molar-refractivity contribution in [1.29, 1.82) is 0 Å². The highest BCUT2D eigenvalue weighted by atomic mass is 32.2. The van der Waals surface area contributed by atoms with Crippen LogP contribution in [-0.4, -0.2) is 54.7 Å². The molecule has 1 amide bonds. The van der Waals surface area contributed by atoms with Gasteiger partial charge in [0.2, 0.25) is 5.91 Å². The Kier molecular flexibility index (Phi) is 5.73. The highest BCUT2D eigenvalue weighted by molar-refractivity contribution is 7.99. The smallest absolute Gasteiger partial charge is 0.222 e. The fourth-order valence-corrected chi connectivity index (χ4v) is 3.02. The molecule has 0 bridgehead atoms. The number of amides is 1. The molecular formula is C15H22N2OS. The third-order valence-electron chi connectivity index (χ3n) is 3.40. The van der Waals surface area contributed by atoms with Crippen molar-refractivity contribution in [3.8, 4) is 0 Å². The van der Waals surface area contributed by atoms with Crippen molar-refractivity contribution in [2.75, 3.05) is 39.0 Å². The molecule has 0 aromatic heterocycles. The summed E-state index contributed by atoms with van der Waals surface area (Å²) in [4.78, 5) is 17.6. The number of carbonyl (C=O) groups excluding carboxylic acids is 1. The van der Waals surface area contributed by atoms with Gasteiger partial charge in [-0.2, -0.15) is 0 Å². The SMILES string of the molecule is CN1CCN(C(=O)CCCSc2ccccc2)CC1. The molecule has 1 heterocycles. The Balaban J connectivity index is 1.61. The monoisotopic (exact) mass is 278 g/mol. The van der Waals surface area contributed by atoms with Crippen LogP contribution in [0.3, 0.4) is 0 Å². The van der Waals surface area contributed by atoms with E-state index in [9.17, 15) is 4.79 Å². The van der Waals surface area contributed by atoms with Crippen LogP contribution >= 0.6 is 11.8 Å². The molecule has 0 spiro atoms. The molecule has 2 rings (SSSR count). The lowest BCUT2D eigenvalue weighted by atomic mass is 10.2. The van der Waals surface area contributed by atoms with E-state index in [2.05, 4.69) is 36.2 Å². The van der Waals surface area contributed by atoms with Crippen LogP contribution in [0.4, 0.5) is 0 Å². The standard InChI is InChI=1S/C15H22N2OS/c1-16-9-11-17(12-10-16)15(18)8-5-13-19-14-6-3-2-4-7-14/h2-4,6-7H,5,8-13H2,1H3. The maximum Gasteiger partial charge on any atom is 0.222 e. The lowest BCUT2D eigenvalue weighted by Gasteiger charge is -2.32. The molecule has 1 saturated heterocycles. The second-order valence-corrected chi connectivity index (χ2v) is 6.12. The average Bonchev–Trinajstić information content (AvgIpc) is 2.45. The lowest BCUT2D eigenvalue weighted by molar-refractivity contribution is -0.132. The number of rotatable bonds is 5. The number of thioether (sulfide) groups is 1. The highest BCUT2D eigenvalue weighted by Crippen LogP contribution is 2.18. The van der Waals surface area contributed by atoms with Gasteiger partial charge in [-0.1, -0.05) is 18.2 Å². The molecule has 0 saturated carbocycles. The van der Waals surface area contributed by atoms with Crippen LogP contribution in [0.1, 0.15) is 12.8 Å². The van der Waals surface area contributed by atoms with Crippen LogP contribution in [0.15, 0.2) is 35.2 Å². The third kappa shape index (κ3) is 4.88. The first kappa shape index (κ1) is 14.4. The van der Waals surface area contributed by atoms with Crippen LogP contribution in [0, 0.1) is 0 Å². The van der Waals surface area contributed by atoms with Crippen LogP contribution in [0.25, 0.3) is 0 Å². The first-order valence-electron chi connectivity index (χ1n) is 6.90. The van der Waals surface area contributed by atoms with E-state index in [1.807, 2.05) is 22.7 Å². The second-order valence-electron chi connectivity index (χ2n) is 4.95. The van der Waals surface area contributed by atoms with Gasteiger partial charge < -0.3 is 9.80 Å². The number of likely N-dealkylation sites (N-methyl/N-ethyl adjacent to an activating group) is 1. The largest absolute Gasteiger partial charge is 0.340 e. The minimum Gasteiger partial charge on any atom is -0.340 e. The molecule has 0 unspecified atom stereocenters. The van der Waals surface area contributed by atoms with Gasteiger partial charge in [-0.05, 0) is 31.4 Å². The summed E-state index contributed by atoms with van der Waals surface area (Å²) < 4.78 is 0. The minimum atomic E-state index is 0.321. The van der Waals surface area contributed by atoms with Gasteiger partial charge in [0.25, 0.3) is 0 Å². The molecule has 3 nitrogen and oxygen atoms in total. The Morgan fingerprint density at radius 3 is 2.53 bits per heavy atom. The predicted octanol–water partition coefficient (Wildman–Crippen LogP) is 2.33. The number of hydrogen-bond donors (Lipinski definition) is 0. The molecule has 1 aromatic rings. The van der Waals surface area contributed by atoms with Crippen molar-refractivity contribution >= 4 is 17.7 Å². The van der Waals surface area contributed by atoms with Crippen LogP contribution in [0.2, 0.25) is 0 Å². The van der Waals surface area contributed by atoms with Gasteiger partial charge in [0, 0.05) is 37.5 Å². The molecular weight excluding hydrogens is 256 g/mol. The van der Waals surface area contributed by atoms with Gasteiger partial charge in [0.15, 0.2) is 0 Å². The Bertz CT molecular complexity index is 388. The average molecular weight is 278 g/mol. The fourth-order valence-electron chi connectivity index (χ4n) is 2.14. The van der Waals surface area contributed by atoms with Gasteiger partial charge >= 0.3 is 0 Å². The van der Waals surface area contributed by atoms with E-state index in [0.717, 1.165) is 38.4 Å². The second kappa shape index (κ2) is 7.56. The molecule has 0 N–H and O–H groups in total. The van der Waals surface area contributed by atoms with Crippen LogP contribution in [-0.2, 0) is 4.79 Å². The summed E-state index contributed by atoms with van der Waals surface area (Å²) in [6.45, 7) is 3.79. The summed E-state index contributed by atoms with van der Waals surface area (Å²) in [7, 11) is 2.11. The first-order valence-corrected chi connectivity index (χ1v) is 7.88. The lowest BCUT2D eigenvalue weighted by Crippen LogP contribution is -2.47. The summed E-state index contributed by atoms with van der Waals surface area (Å²) in [6, 6.07) is 10.4. The third-order valence-corrected chi connectivity index (χ3v) is 4.50. The van der Waals surface area contributed by atoms with Crippen molar-refractivity contribution in [3.63, 3.8) is 0 Å². The van der Waals surface area contributed by atoms with E-state index in [0.29, 0.717) is 12.3 Å². The van der Waals surface area contributed by atoms with E-state index in [1.165, 1.54) is 4.90 Å². The van der Waals surface area contributed by atoms with Crippen molar-refractivity contribution in [2.45, 2.75) is 17.7 Å². The minimum absolute atomic E-state index is 0.321. The van der Waals surface area contributed by atoms with E-state index in [1.54, 1.807) is 0 Å². The molecule has 1 aliphatic heterocycles. The first-order chi connectivity index (χ1) is 9.25. The normalized spacial score (nSPS) is 16.6. The summed E-state index contributed by atoms with van der Waals surface area (Å²) in [5.41, 5.74) is 0. The number of piperazine rings is 1. The Morgan fingerprint density at radius 2 is 1.84 bits per heavy atom. The molecule has 1 aliphatic rings. The van der Waals surface area contributed by atoms with E-state index < -0.39 is 0 Å². The van der Waals surface area contributed by atoms with Gasteiger partial charge in [-0.25, -0.2) is 0 Å². The van der Waals surface area contributed by atoms with Crippen LogP contribution in [0.5, 0.6) is 0 Å². The van der Waals surface area contributed by atoms with Crippen molar-refractivity contribution < 1.29 is 4.79 Å². The molecule has 0 aliphatic carbocycles. The molecule has 104 valence electrons. The Hall–Kier alpha value is -1.00. The van der Waals surface area contributed by atoms with E-state index >= 15 is 0 Å². The maximum atomic E-state index is 12.0. The highest BCUT2D eigenvalue weighted by Gasteiger charge is 2.18. The number of carbonyl (C=O) groups is 1. The van der Waals surface area contributed by atoms with E-state index in [4.69, 9.17) is 0 Å². The summed E-state index contributed by atoms with van der Waals surface area (Å²) in [5, 5.41) is 0. The van der Waals surface area contributed by atoms with Gasteiger partial charge in [0.1, 0.15) is 0 Å². The molecule has 4 heteroatoms.